The fourth-order valence-electron chi connectivity index (χ4n) is 4.33. The van der Waals surface area contributed by atoms with Crippen molar-refractivity contribution in [3.63, 3.8) is 0 Å². The highest BCUT2D eigenvalue weighted by Gasteiger charge is 2.33. The fraction of sp³-hybridized carbons (Fsp3) is 0.148. The molecule has 7 nitrogen and oxygen atoms in total. The number of aromatic carboxylic acids is 1. The average molecular weight is 455 g/mol. The summed E-state index contributed by atoms with van der Waals surface area (Å²) < 4.78 is 17.0. The fourth-order valence-corrected chi connectivity index (χ4v) is 4.33. The third-order valence-electron chi connectivity index (χ3n) is 5.94. The lowest BCUT2D eigenvalue weighted by molar-refractivity contribution is 0.0696. The zero-order valence-electron chi connectivity index (χ0n) is 18.6. The zero-order chi connectivity index (χ0) is 23.8. The van der Waals surface area contributed by atoms with Crippen LogP contribution < -0.4 is 14.2 Å². The van der Waals surface area contributed by atoms with Crippen LogP contribution in [0.4, 0.5) is 0 Å². The van der Waals surface area contributed by atoms with Crippen LogP contribution in [-0.4, -0.2) is 36.1 Å². The number of rotatable bonds is 5. The molecule has 1 N–H and O–H groups in total. The summed E-state index contributed by atoms with van der Waals surface area (Å²) >= 11 is 0. The number of hydrogen-bond acceptors (Lipinski definition) is 6. The number of aromatic nitrogens is 1. The summed E-state index contributed by atoms with van der Waals surface area (Å²) in [6.07, 6.45) is -0.444. The maximum Gasteiger partial charge on any atom is 0.335 e. The molecular formula is C27H21NO6. The van der Waals surface area contributed by atoms with Gasteiger partial charge >= 0.3 is 5.97 Å². The van der Waals surface area contributed by atoms with Crippen molar-refractivity contribution in [3.05, 3.63) is 83.4 Å². The monoisotopic (exact) mass is 455 g/mol. The number of carboxylic acids is 1. The first-order valence-electron chi connectivity index (χ1n) is 10.7. The van der Waals surface area contributed by atoms with E-state index in [1.54, 1.807) is 44.6 Å². The normalized spacial score (nSPS) is 14.9. The summed E-state index contributed by atoms with van der Waals surface area (Å²) in [5.41, 5.74) is 3.16. The van der Waals surface area contributed by atoms with Crippen LogP contribution in [0.25, 0.3) is 22.0 Å². The summed E-state index contributed by atoms with van der Waals surface area (Å²) in [5.74, 6) is 0.184. The first-order valence-corrected chi connectivity index (χ1v) is 10.7. The van der Waals surface area contributed by atoms with Crippen LogP contribution in [0, 0.1) is 0 Å². The number of fused-ring (bicyclic) bond motifs is 2. The third-order valence-corrected chi connectivity index (χ3v) is 5.94. The molecule has 0 bridgehead atoms. The number of carboxylic acid groups (broad SMARTS) is 1. The van der Waals surface area contributed by atoms with Gasteiger partial charge in [0.25, 0.3) is 0 Å². The van der Waals surface area contributed by atoms with Crippen molar-refractivity contribution < 1.29 is 28.9 Å². The summed E-state index contributed by atoms with van der Waals surface area (Å²) in [7, 11) is 3.11. The number of methoxy groups -OCH3 is 2. The largest absolute Gasteiger partial charge is 0.493 e. The molecule has 0 aliphatic carbocycles. The topological polar surface area (TPSA) is 95.0 Å². The Morgan fingerprint density at radius 2 is 1.76 bits per heavy atom. The van der Waals surface area contributed by atoms with E-state index in [1.165, 1.54) is 6.07 Å². The van der Waals surface area contributed by atoms with Crippen LogP contribution in [0.3, 0.4) is 0 Å². The Morgan fingerprint density at radius 1 is 0.971 bits per heavy atom. The Morgan fingerprint density at radius 3 is 2.53 bits per heavy atom. The van der Waals surface area contributed by atoms with Crippen LogP contribution in [0.15, 0.2) is 66.7 Å². The molecule has 7 heteroatoms. The molecule has 0 radical (unpaired) electrons. The molecule has 5 rings (SSSR count). The molecule has 0 saturated carbocycles. The Hall–Kier alpha value is -4.39. The second-order valence-corrected chi connectivity index (χ2v) is 7.92. The maximum atomic E-state index is 13.5. The van der Waals surface area contributed by atoms with Crippen molar-refractivity contribution in [2.45, 2.75) is 12.5 Å². The summed E-state index contributed by atoms with van der Waals surface area (Å²) in [5, 5.41) is 10.2. The lowest BCUT2D eigenvalue weighted by atomic mass is 9.89. The first kappa shape index (κ1) is 21.5. The van der Waals surface area contributed by atoms with Crippen molar-refractivity contribution in [1.29, 1.82) is 0 Å². The van der Waals surface area contributed by atoms with Gasteiger partial charge in [0.1, 0.15) is 6.10 Å². The molecular weight excluding hydrogens is 434 g/mol. The number of ketones is 1. The van der Waals surface area contributed by atoms with Crippen LogP contribution >= 0.6 is 0 Å². The number of hydrogen-bond donors (Lipinski definition) is 1. The quantitative estimate of drug-likeness (QED) is 0.435. The van der Waals surface area contributed by atoms with E-state index in [9.17, 15) is 14.7 Å². The molecule has 2 heterocycles. The van der Waals surface area contributed by atoms with Crippen LogP contribution in [-0.2, 0) is 0 Å². The van der Waals surface area contributed by atoms with Gasteiger partial charge < -0.3 is 19.3 Å². The number of benzene rings is 3. The number of pyridine rings is 1. The van der Waals surface area contributed by atoms with E-state index in [4.69, 9.17) is 14.2 Å². The van der Waals surface area contributed by atoms with E-state index in [1.807, 2.05) is 30.3 Å². The number of nitrogens with zero attached hydrogens (tertiary/aromatic N) is 1. The van der Waals surface area contributed by atoms with E-state index >= 15 is 0 Å². The lowest BCUT2D eigenvalue weighted by Crippen LogP contribution is -2.22. The predicted molar refractivity (Wildman–Crippen MR) is 126 cm³/mol. The number of carbonyl (C=O) groups is 2. The second-order valence-electron chi connectivity index (χ2n) is 7.92. The summed E-state index contributed by atoms with van der Waals surface area (Å²) in [6.45, 7) is 0. The van der Waals surface area contributed by atoms with E-state index in [2.05, 4.69) is 4.98 Å². The van der Waals surface area contributed by atoms with Gasteiger partial charge in [-0.25, -0.2) is 9.78 Å². The van der Waals surface area contributed by atoms with Crippen molar-refractivity contribution in [1.82, 2.24) is 4.98 Å². The van der Waals surface area contributed by atoms with Crippen molar-refractivity contribution in [2.24, 2.45) is 0 Å². The van der Waals surface area contributed by atoms with E-state index in [0.29, 0.717) is 33.7 Å². The molecule has 1 atom stereocenters. The zero-order valence-corrected chi connectivity index (χ0v) is 18.6. The molecule has 34 heavy (non-hydrogen) atoms. The van der Waals surface area contributed by atoms with E-state index in [0.717, 1.165) is 10.9 Å². The molecule has 3 aromatic carbocycles. The van der Waals surface area contributed by atoms with Gasteiger partial charge in [-0.1, -0.05) is 36.4 Å². The molecule has 1 aliphatic rings. The molecule has 0 saturated heterocycles. The van der Waals surface area contributed by atoms with Crippen LogP contribution in [0.5, 0.6) is 17.4 Å². The Bertz CT molecular complexity index is 1440. The van der Waals surface area contributed by atoms with Gasteiger partial charge in [-0.2, -0.15) is 0 Å². The minimum atomic E-state index is -1.04. The van der Waals surface area contributed by atoms with Gasteiger partial charge in [0.05, 0.1) is 37.3 Å². The third kappa shape index (κ3) is 3.61. The first-order chi connectivity index (χ1) is 16.5. The molecule has 4 aromatic rings. The second kappa shape index (κ2) is 8.51. The van der Waals surface area contributed by atoms with Crippen molar-refractivity contribution >= 4 is 22.7 Å². The van der Waals surface area contributed by atoms with Crippen molar-refractivity contribution in [3.8, 4) is 28.5 Å². The summed E-state index contributed by atoms with van der Waals surface area (Å²) in [6, 6.07) is 19.4. The maximum absolute atomic E-state index is 13.5. The van der Waals surface area contributed by atoms with Gasteiger partial charge in [0, 0.05) is 10.9 Å². The SMILES string of the molecule is COc1ccc([C@H]2CC(=O)c3c(nc4ccccc4c3-c3cccc(C(=O)O)c3)O2)cc1OC. The predicted octanol–water partition coefficient (Wildman–Crippen LogP) is 5.32. The average Bonchev–Trinajstić information content (AvgIpc) is 2.86. The Balaban J connectivity index is 1.67. The van der Waals surface area contributed by atoms with Crippen molar-refractivity contribution in [2.75, 3.05) is 14.2 Å². The number of para-hydroxylation sites is 1. The Labute approximate surface area is 195 Å². The van der Waals surface area contributed by atoms with Gasteiger partial charge in [-0.3, -0.25) is 4.79 Å². The molecule has 170 valence electrons. The number of ether oxygens (including phenoxy) is 3. The molecule has 1 aromatic heterocycles. The summed E-state index contributed by atoms with van der Waals surface area (Å²) in [4.78, 5) is 29.7. The highest BCUT2D eigenvalue weighted by molar-refractivity contribution is 6.12. The molecule has 0 unspecified atom stereocenters. The van der Waals surface area contributed by atoms with Gasteiger partial charge in [-0.05, 0) is 41.5 Å². The standard InChI is InChI=1S/C27H21NO6/c1-32-21-11-10-15(13-23(21)33-2)22-14-20(29)25-24(16-6-5-7-17(12-16)27(30)31)18-8-3-4-9-19(18)28-26(25)34-22/h3-13,22H,14H2,1-2H3,(H,30,31)/t22-/m1/s1. The van der Waals surface area contributed by atoms with E-state index < -0.39 is 12.1 Å². The minimum Gasteiger partial charge on any atom is -0.493 e. The van der Waals surface area contributed by atoms with Gasteiger partial charge in [-0.15, -0.1) is 0 Å². The highest BCUT2D eigenvalue weighted by atomic mass is 16.5. The molecule has 0 amide bonds. The minimum absolute atomic E-state index is 0.105. The van der Waals surface area contributed by atoms with Crippen LogP contribution in [0.2, 0.25) is 0 Å². The number of Topliss-reactive ketones (excluding diaryl/α,β-unsaturated/α-hetero) is 1. The van der Waals surface area contributed by atoms with E-state index in [-0.39, 0.29) is 23.6 Å². The van der Waals surface area contributed by atoms with Gasteiger partial charge in [0.2, 0.25) is 5.88 Å². The molecule has 1 aliphatic heterocycles. The molecule has 0 spiro atoms. The van der Waals surface area contributed by atoms with Crippen LogP contribution in [0.1, 0.15) is 38.8 Å². The highest BCUT2D eigenvalue weighted by Crippen LogP contribution is 2.43. The Kier molecular flexibility index (Phi) is 5.37. The smallest absolute Gasteiger partial charge is 0.335 e. The molecule has 0 fully saturated rings. The van der Waals surface area contributed by atoms with Gasteiger partial charge in [0.15, 0.2) is 17.3 Å². The number of carbonyl (C=O) groups excluding carboxylic acids is 1. The lowest BCUT2D eigenvalue weighted by Gasteiger charge is -2.27.